The van der Waals surface area contributed by atoms with Gasteiger partial charge in [-0.3, -0.25) is 4.79 Å². The van der Waals surface area contributed by atoms with Crippen LogP contribution in [0.1, 0.15) is 32.1 Å². The summed E-state index contributed by atoms with van der Waals surface area (Å²) in [4.78, 5) is 12.1. The monoisotopic (exact) mass is 306 g/mol. The highest BCUT2D eigenvalue weighted by atomic mass is 16.5. The fourth-order valence-corrected chi connectivity index (χ4v) is 3.27. The van der Waals surface area contributed by atoms with Crippen LogP contribution < -0.4 is 10.6 Å². The summed E-state index contributed by atoms with van der Waals surface area (Å²) in [6.45, 7) is 4.62. The number of piperidine rings is 1. The van der Waals surface area contributed by atoms with E-state index < -0.39 is 0 Å². The van der Waals surface area contributed by atoms with E-state index in [9.17, 15) is 4.79 Å². The Morgan fingerprint density at radius 3 is 3.00 bits per heavy atom. The van der Waals surface area contributed by atoms with Crippen LogP contribution in [0.15, 0.2) is 12.3 Å². The van der Waals surface area contributed by atoms with E-state index in [1.165, 1.54) is 12.8 Å². The summed E-state index contributed by atoms with van der Waals surface area (Å²) < 4.78 is 7.29. The molecule has 122 valence electrons. The van der Waals surface area contributed by atoms with Crippen LogP contribution in [0.3, 0.4) is 0 Å². The zero-order valence-electron chi connectivity index (χ0n) is 13.1. The predicted octanol–water partition coefficient (Wildman–Crippen LogP) is 1.64. The smallest absolute Gasteiger partial charge is 0.225 e. The van der Waals surface area contributed by atoms with E-state index in [1.54, 1.807) is 6.20 Å². The maximum absolute atomic E-state index is 12.1. The molecule has 2 aliphatic rings. The van der Waals surface area contributed by atoms with Crippen molar-refractivity contribution in [2.75, 3.05) is 31.6 Å². The number of hydrogen-bond acceptors (Lipinski definition) is 4. The molecule has 6 nitrogen and oxygen atoms in total. The molecule has 0 saturated carbocycles. The number of hydrogen-bond donors (Lipinski definition) is 2. The largest absolute Gasteiger partial charge is 0.381 e. The average molecular weight is 306 g/mol. The van der Waals surface area contributed by atoms with Gasteiger partial charge in [0.2, 0.25) is 5.91 Å². The Bertz CT molecular complexity index is 476. The lowest BCUT2D eigenvalue weighted by molar-refractivity contribution is -0.116. The van der Waals surface area contributed by atoms with Gasteiger partial charge in [0.05, 0.1) is 12.8 Å². The number of anilines is 1. The maximum Gasteiger partial charge on any atom is 0.225 e. The predicted molar refractivity (Wildman–Crippen MR) is 84.6 cm³/mol. The Balaban J connectivity index is 1.45. The summed E-state index contributed by atoms with van der Waals surface area (Å²) >= 11 is 0. The molecule has 2 fully saturated rings. The topological polar surface area (TPSA) is 68.2 Å². The second kappa shape index (κ2) is 7.74. The fraction of sp³-hybridized carbons (Fsp3) is 0.750. The molecule has 2 saturated heterocycles. The van der Waals surface area contributed by atoms with Crippen LogP contribution in [0.25, 0.3) is 0 Å². The van der Waals surface area contributed by atoms with Gasteiger partial charge in [0.1, 0.15) is 5.82 Å². The van der Waals surface area contributed by atoms with Crippen LogP contribution in [0.5, 0.6) is 0 Å². The third-order valence-corrected chi connectivity index (χ3v) is 4.68. The molecule has 1 aromatic heterocycles. The summed E-state index contributed by atoms with van der Waals surface area (Å²) in [7, 11) is 0. The van der Waals surface area contributed by atoms with Crippen molar-refractivity contribution in [2.45, 2.75) is 38.6 Å². The minimum Gasteiger partial charge on any atom is -0.381 e. The first-order valence-corrected chi connectivity index (χ1v) is 8.41. The molecule has 6 heteroatoms. The molecule has 2 N–H and O–H groups in total. The van der Waals surface area contributed by atoms with Crippen molar-refractivity contribution >= 4 is 11.7 Å². The molecule has 3 rings (SSSR count). The average Bonchev–Trinajstić information content (AvgIpc) is 3.20. The molecule has 0 aliphatic carbocycles. The van der Waals surface area contributed by atoms with Crippen molar-refractivity contribution in [2.24, 2.45) is 11.8 Å². The molecule has 1 atom stereocenters. The van der Waals surface area contributed by atoms with Gasteiger partial charge < -0.3 is 15.4 Å². The lowest BCUT2D eigenvalue weighted by Crippen LogP contribution is -2.28. The number of carbonyl (C=O) groups excluding carboxylic acids is 1. The summed E-state index contributed by atoms with van der Waals surface area (Å²) in [6.07, 6.45) is 6.78. The quantitative estimate of drug-likeness (QED) is 0.838. The van der Waals surface area contributed by atoms with Gasteiger partial charge in [0, 0.05) is 31.6 Å². The van der Waals surface area contributed by atoms with Crippen molar-refractivity contribution in [1.29, 1.82) is 0 Å². The Hall–Kier alpha value is -1.40. The molecule has 0 bridgehead atoms. The minimum atomic E-state index is 0.1000. The van der Waals surface area contributed by atoms with Gasteiger partial charge >= 0.3 is 0 Å². The highest BCUT2D eigenvalue weighted by Crippen LogP contribution is 2.19. The molecule has 22 heavy (non-hydrogen) atoms. The zero-order valence-corrected chi connectivity index (χ0v) is 13.1. The van der Waals surface area contributed by atoms with Gasteiger partial charge in [-0.1, -0.05) is 0 Å². The number of aromatic nitrogens is 2. The van der Waals surface area contributed by atoms with Crippen molar-refractivity contribution < 1.29 is 9.53 Å². The normalized spacial score (nSPS) is 22.8. The first kappa shape index (κ1) is 15.5. The van der Waals surface area contributed by atoms with Crippen molar-refractivity contribution in [1.82, 2.24) is 15.1 Å². The van der Waals surface area contributed by atoms with Crippen molar-refractivity contribution in [3.8, 4) is 0 Å². The van der Waals surface area contributed by atoms with Crippen LogP contribution in [-0.2, 0) is 16.1 Å². The maximum atomic E-state index is 12.1. The molecule has 2 aliphatic heterocycles. The number of amides is 1. The van der Waals surface area contributed by atoms with Crippen LogP contribution in [-0.4, -0.2) is 42.0 Å². The van der Waals surface area contributed by atoms with Crippen LogP contribution >= 0.6 is 0 Å². The van der Waals surface area contributed by atoms with Crippen LogP contribution in [0, 0.1) is 11.8 Å². The van der Waals surface area contributed by atoms with Crippen molar-refractivity contribution in [3.63, 3.8) is 0 Å². The second-order valence-electron chi connectivity index (χ2n) is 6.41. The lowest BCUT2D eigenvalue weighted by Gasteiger charge is -2.22. The van der Waals surface area contributed by atoms with E-state index in [0.717, 1.165) is 51.5 Å². The zero-order chi connectivity index (χ0) is 15.2. The van der Waals surface area contributed by atoms with Crippen molar-refractivity contribution in [3.05, 3.63) is 12.3 Å². The van der Waals surface area contributed by atoms with E-state index in [1.807, 2.05) is 10.7 Å². The first-order valence-electron chi connectivity index (χ1n) is 8.41. The van der Waals surface area contributed by atoms with Crippen LogP contribution in [0.4, 0.5) is 5.82 Å². The Labute approximate surface area is 131 Å². The molecule has 1 aromatic rings. The SMILES string of the molecule is O=C(CCC1CCNCC1)Nc1ccnn1CC1CCOC1. The van der Waals surface area contributed by atoms with E-state index in [4.69, 9.17) is 4.74 Å². The van der Waals surface area contributed by atoms with E-state index in [0.29, 0.717) is 18.3 Å². The number of nitrogens with zero attached hydrogens (tertiary/aromatic N) is 2. The number of rotatable bonds is 6. The number of carbonyl (C=O) groups is 1. The van der Waals surface area contributed by atoms with Gasteiger partial charge in [-0.05, 0) is 44.7 Å². The number of ether oxygens (including phenoxy) is 1. The molecule has 3 heterocycles. The van der Waals surface area contributed by atoms with Gasteiger partial charge in [0.25, 0.3) is 0 Å². The highest BCUT2D eigenvalue weighted by Gasteiger charge is 2.19. The molecule has 0 spiro atoms. The second-order valence-corrected chi connectivity index (χ2v) is 6.41. The molecular weight excluding hydrogens is 280 g/mol. The third-order valence-electron chi connectivity index (χ3n) is 4.68. The Morgan fingerprint density at radius 1 is 1.36 bits per heavy atom. The van der Waals surface area contributed by atoms with Gasteiger partial charge in [-0.2, -0.15) is 5.10 Å². The van der Waals surface area contributed by atoms with Crippen LogP contribution in [0.2, 0.25) is 0 Å². The summed E-state index contributed by atoms with van der Waals surface area (Å²) in [5.74, 6) is 2.10. The number of nitrogens with one attached hydrogen (secondary N) is 2. The lowest BCUT2D eigenvalue weighted by atomic mass is 9.93. The fourth-order valence-electron chi connectivity index (χ4n) is 3.27. The third kappa shape index (κ3) is 4.30. The summed E-state index contributed by atoms with van der Waals surface area (Å²) in [6, 6.07) is 1.87. The van der Waals surface area contributed by atoms with E-state index in [-0.39, 0.29) is 5.91 Å². The molecule has 1 unspecified atom stereocenters. The Kier molecular flexibility index (Phi) is 5.45. The standard InChI is InChI=1S/C16H26N4O2/c21-16(2-1-13-3-7-17-8-4-13)19-15-5-9-18-20(15)11-14-6-10-22-12-14/h5,9,13-14,17H,1-4,6-8,10-12H2,(H,19,21). The molecule has 0 aromatic carbocycles. The summed E-state index contributed by atoms with van der Waals surface area (Å²) in [5.41, 5.74) is 0. The molecule has 1 amide bonds. The first-order chi connectivity index (χ1) is 10.8. The van der Waals surface area contributed by atoms with E-state index >= 15 is 0 Å². The molecular formula is C16H26N4O2. The van der Waals surface area contributed by atoms with Gasteiger partial charge in [0.15, 0.2) is 0 Å². The Morgan fingerprint density at radius 2 is 2.23 bits per heavy atom. The van der Waals surface area contributed by atoms with Gasteiger partial charge in [-0.15, -0.1) is 0 Å². The highest BCUT2D eigenvalue weighted by molar-refractivity contribution is 5.89. The molecule has 0 radical (unpaired) electrons. The van der Waals surface area contributed by atoms with Gasteiger partial charge in [-0.25, -0.2) is 4.68 Å². The summed E-state index contributed by atoms with van der Waals surface area (Å²) in [5, 5.41) is 10.7. The van der Waals surface area contributed by atoms with E-state index in [2.05, 4.69) is 15.7 Å². The minimum absolute atomic E-state index is 0.1000.